The number of nitrogens with one attached hydrogen (secondary N) is 1. The lowest BCUT2D eigenvalue weighted by Crippen LogP contribution is -2.28. The molecule has 0 aliphatic carbocycles. The second-order valence-electron chi connectivity index (χ2n) is 7.07. The van der Waals surface area contributed by atoms with Crippen LogP contribution in [0.3, 0.4) is 0 Å². The molecule has 0 radical (unpaired) electrons. The normalized spacial score (nSPS) is 11.3. The predicted octanol–water partition coefficient (Wildman–Crippen LogP) is 1.96. The Balaban J connectivity index is 1.74. The van der Waals surface area contributed by atoms with Crippen LogP contribution in [0.25, 0.3) is 16.6 Å². The van der Waals surface area contributed by atoms with E-state index in [1.807, 2.05) is 46.0 Å². The van der Waals surface area contributed by atoms with Crippen molar-refractivity contribution in [3.63, 3.8) is 0 Å². The highest BCUT2D eigenvalue weighted by Gasteiger charge is 2.17. The highest BCUT2D eigenvalue weighted by molar-refractivity contribution is 5.91. The minimum Gasteiger partial charge on any atom is -0.497 e. The third-order valence-corrected chi connectivity index (χ3v) is 5.11. The molecule has 3 aromatic heterocycles. The maximum absolute atomic E-state index is 13.0. The summed E-state index contributed by atoms with van der Waals surface area (Å²) in [6, 6.07) is 7.43. The Morgan fingerprint density at radius 1 is 1.17 bits per heavy atom. The van der Waals surface area contributed by atoms with Crippen molar-refractivity contribution in [3.05, 3.63) is 51.7 Å². The maximum Gasteiger partial charge on any atom is 0.351 e. The number of hydrogen-bond acceptors (Lipinski definition) is 5. The summed E-state index contributed by atoms with van der Waals surface area (Å²) in [6.07, 6.45) is 0. The number of amides is 1. The van der Waals surface area contributed by atoms with Gasteiger partial charge in [0.15, 0.2) is 5.65 Å². The predicted molar refractivity (Wildman–Crippen MR) is 110 cm³/mol. The Hall–Kier alpha value is -3.62. The molecule has 29 heavy (non-hydrogen) atoms. The summed E-state index contributed by atoms with van der Waals surface area (Å²) in [7, 11) is 3.41. The number of hydrogen-bond donors (Lipinski definition) is 1. The van der Waals surface area contributed by atoms with Crippen LogP contribution >= 0.6 is 0 Å². The van der Waals surface area contributed by atoms with Crippen molar-refractivity contribution >= 4 is 28.1 Å². The van der Waals surface area contributed by atoms with Gasteiger partial charge < -0.3 is 10.1 Å². The molecule has 1 amide bonds. The highest BCUT2D eigenvalue weighted by atomic mass is 16.5. The van der Waals surface area contributed by atoms with Crippen molar-refractivity contribution < 1.29 is 9.53 Å². The molecule has 0 aliphatic rings. The van der Waals surface area contributed by atoms with Crippen molar-refractivity contribution in [1.82, 2.24) is 24.0 Å². The molecule has 3 heterocycles. The SMILES string of the molecule is COc1ccc2c(c1)cc(C)c1nn(CC(=O)Nc3c(C)nn(C)c3C)c(=O)n12. The monoisotopic (exact) mass is 394 g/mol. The van der Waals surface area contributed by atoms with Gasteiger partial charge in [-0.05, 0) is 50.6 Å². The fourth-order valence-corrected chi connectivity index (χ4v) is 3.53. The zero-order valence-electron chi connectivity index (χ0n) is 17.0. The molecule has 150 valence electrons. The van der Waals surface area contributed by atoms with E-state index in [0.29, 0.717) is 22.6 Å². The minimum atomic E-state index is -0.367. The van der Waals surface area contributed by atoms with Crippen molar-refractivity contribution in [2.75, 3.05) is 12.4 Å². The largest absolute Gasteiger partial charge is 0.497 e. The molecule has 0 spiro atoms. The lowest BCUT2D eigenvalue weighted by Gasteiger charge is -2.05. The molecule has 0 unspecified atom stereocenters. The highest BCUT2D eigenvalue weighted by Crippen LogP contribution is 2.23. The number of benzene rings is 1. The number of nitrogens with zero attached hydrogens (tertiary/aromatic N) is 5. The van der Waals surface area contributed by atoms with Gasteiger partial charge in [0.2, 0.25) is 5.91 Å². The third kappa shape index (κ3) is 3.04. The van der Waals surface area contributed by atoms with Gasteiger partial charge in [-0.2, -0.15) is 5.10 Å². The molecule has 0 aliphatic heterocycles. The molecule has 1 N–H and O–H groups in total. The van der Waals surface area contributed by atoms with Crippen LogP contribution in [0.2, 0.25) is 0 Å². The van der Waals surface area contributed by atoms with E-state index in [-0.39, 0.29) is 18.1 Å². The molecule has 0 fully saturated rings. The van der Waals surface area contributed by atoms with Gasteiger partial charge in [-0.25, -0.2) is 13.9 Å². The Kier molecular flexibility index (Phi) is 4.37. The summed E-state index contributed by atoms with van der Waals surface area (Å²) < 4.78 is 9.68. The average Bonchev–Trinajstić information content (AvgIpc) is 3.13. The Labute approximate surface area is 166 Å². The maximum atomic E-state index is 13.0. The standard InChI is InChI=1S/C20H22N6O3/c1-11-8-14-9-15(29-5)6-7-16(14)26-19(11)23-25(20(26)28)10-17(27)21-18-12(2)22-24(4)13(18)3/h6-9H,10H2,1-5H3,(H,21,27). The van der Waals surface area contributed by atoms with Crippen LogP contribution < -0.4 is 15.7 Å². The number of ether oxygens (including phenoxy) is 1. The topological polar surface area (TPSA) is 95.4 Å². The molecule has 9 heteroatoms. The van der Waals surface area contributed by atoms with Crippen LogP contribution in [0.5, 0.6) is 5.75 Å². The number of methoxy groups -OCH3 is 1. The summed E-state index contributed by atoms with van der Waals surface area (Å²) in [6.45, 7) is 5.39. The lowest BCUT2D eigenvalue weighted by molar-refractivity contribution is -0.117. The van der Waals surface area contributed by atoms with Gasteiger partial charge in [0.1, 0.15) is 12.3 Å². The van der Waals surface area contributed by atoms with E-state index < -0.39 is 0 Å². The molecular weight excluding hydrogens is 372 g/mol. The Morgan fingerprint density at radius 2 is 1.93 bits per heavy atom. The zero-order valence-corrected chi connectivity index (χ0v) is 17.0. The second-order valence-corrected chi connectivity index (χ2v) is 7.07. The first-order chi connectivity index (χ1) is 13.8. The summed E-state index contributed by atoms with van der Waals surface area (Å²) in [5, 5.41) is 12.4. The second kappa shape index (κ2) is 6.77. The minimum absolute atomic E-state index is 0.189. The molecule has 0 saturated carbocycles. The molecule has 0 saturated heterocycles. The van der Waals surface area contributed by atoms with Gasteiger partial charge in [-0.1, -0.05) is 0 Å². The Bertz CT molecular complexity index is 1330. The third-order valence-electron chi connectivity index (χ3n) is 5.11. The van der Waals surface area contributed by atoms with Crippen LogP contribution in [0, 0.1) is 20.8 Å². The molecule has 0 bridgehead atoms. The first-order valence-corrected chi connectivity index (χ1v) is 9.17. The molecule has 1 aromatic carbocycles. The molecule has 9 nitrogen and oxygen atoms in total. The summed E-state index contributed by atoms with van der Waals surface area (Å²) in [5.41, 5.74) is 3.92. The summed E-state index contributed by atoms with van der Waals surface area (Å²) in [4.78, 5) is 25.6. The average molecular weight is 394 g/mol. The fourth-order valence-electron chi connectivity index (χ4n) is 3.53. The fraction of sp³-hybridized carbons (Fsp3) is 0.300. The first-order valence-electron chi connectivity index (χ1n) is 9.17. The van der Waals surface area contributed by atoms with Gasteiger partial charge in [0, 0.05) is 12.4 Å². The lowest BCUT2D eigenvalue weighted by atomic mass is 10.1. The molecular formula is C20H22N6O3. The number of aryl methyl sites for hydroxylation is 3. The van der Waals surface area contributed by atoms with Crippen LogP contribution in [-0.2, 0) is 18.4 Å². The number of fused-ring (bicyclic) bond motifs is 3. The van der Waals surface area contributed by atoms with E-state index in [1.165, 1.54) is 9.08 Å². The molecule has 0 atom stereocenters. The van der Waals surface area contributed by atoms with Crippen molar-refractivity contribution in [3.8, 4) is 5.75 Å². The van der Waals surface area contributed by atoms with Gasteiger partial charge in [-0.15, -0.1) is 5.10 Å². The number of carbonyl (C=O) groups excluding carboxylic acids is 1. The van der Waals surface area contributed by atoms with E-state index in [2.05, 4.69) is 15.5 Å². The van der Waals surface area contributed by atoms with Gasteiger partial charge in [0.25, 0.3) is 0 Å². The van der Waals surface area contributed by atoms with E-state index in [9.17, 15) is 9.59 Å². The van der Waals surface area contributed by atoms with Crippen LogP contribution in [-0.4, -0.2) is 37.0 Å². The van der Waals surface area contributed by atoms with Crippen LogP contribution in [0.15, 0.2) is 29.1 Å². The van der Waals surface area contributed by atoms with E-state index >= 15 is 0 Å². The van der Waals surface area contributed by atoms with Crippen molar-refractivity contribution in [2.45, 2.75) is 27.3 Å². The van der Waals surface area contributed by atoms with Gasteiger partial charge in [-0.3, -0.25) is 9.48 Å². The quantitative estimate of drug-likeness (QED) is 0.571. The smallest absolute Gasteiger partial charge is 0.351 e. The number of carbonyl (C=O) groups is 1. The zero-order chi connectivity index (χ0) is 20.9. The van der Waals surface area contributed by atoms with Crippen LogP contribution in [0.1, 0.15) is 17.0 Å². The number of aromatic nitrogens is 5. The van der Waals surface area contributed by atoms with Crippen LogP contribution in [0.4, 0.5) is 5.69 Å². The van der Waals surface area contributed by atoms with E-state index in [0.717, 1.165) is 22.3 Å². The summed E-state index contributed by atoms with van der Waals surface area (Å²) >= 11 is 0. The van der Waals surface area contributed by atoms with Crippen molar-refractivity contribution in [2.24, 2.45) is 7.05 Å². The molecule has 4 rings (SSSR count). The van der Waals surface area contributed by atoms with E-state index in [1.54, 1.807) is 17.9 Å². The van der Waals surface area contributed by atoms with Crippen molar-refractivity contribution in [1.29, 1.82) is 0 Å². The Morgan fingerprint density at radius 3 is 2.59 bits per heavy atom. The van der Waals surface area contributed by atoms with Gasteiger partial charge >= 0.3 is 5.69 Å². The number of rotatable bonds is 4. The molecule has 4 aromatic rings. The number of pyridine rings is 1. The van der Waals surface area contributed by atoms with Gasteiger partial charge in [0.05, 0.1) is 29.7 Å². The first kappa shape index (κ1) is 18.7. The number of anilines is 1. The van der Waals surface area contributed by atoms with E-state index in [4.69, 9.17) is 4.74 Å². The summed E-state index contributed by atoms with van der Waals surface area (Å²) in [5.74, 6) is 0.372.